The van der Waals surface area contributed by atoms with E-state index < -0.39 is 0 Å². The van der Waals surface area contributed by atoms with Gasteiger partial charge in [-0.25, -0.2) is 0 Å². The maximum absolute atomic E-state index is 12.1. The Hall–Kier alpha value is -0.180. The molecule has 1 heterocycles. The number of rotatable bonds is 3. The van der Waals surface area contributed by atoms with Gasteiger partial charge in [0.15, 0.2) is 0 Å². The van der Waals surface area contributed by atoms with E-state index in [2.05, 4.69) is 49.2 Å². The van der Waals surface area contributed by atoms with Gasteiger partial charge in [0.2, 0.25) is 0 Å². The van der Waals surface area contributed by atoms with Crippen molar-refractivity contribution < 1.29 is 9.53 Å². The summed E-state index contributed by atoms with van der Waals surface area (Å²) in [6, 6.07) is 5.88. The van der Waals surface area contributed by atoms with Crippen molar-refractivity contribution in [3.8, 4) is 0 Å². The van der Waals surface area contributed by atoms with Gasteiger partial charge in [-0.05, 0) is 40.8 Å². The molecule has 2 rings (SSSR count). The lowest BCUT2D eigenvalue weighted by molar-refractivity contribution is 0.0734. The average molecular weight is 425 g/mol. The van der Waals surface area contributed by atoms with Gasteiger partial charge in [-0.2, -0.15) is 0 Å². The lowest BCUT2D eigenvalue weighted by Crippen LogP contribution is -2.48. The van der Waals surface area contributed by atoms with Gasteiger partial charge in [-0.15, -0.1) is 0 Å². The molecule has 1 aromatic carbocycles. The summed E-state index contributed by atoms with van der Waals surface area (Å²) in [5, 5.41) is 6.23. The summed E-state index contributed by atoms with van der Waals surface area (Å²) in [5.74, 6) is -0.0481. The predicted molar refractivity (Wildman–Crippen MR) is 81.8 cm³/mol. The number of nitrogens with one attached hydrogen (secondary N) is 2. The highest BCUT2D eigenvalue weighted by Crippen LogP contribution is 2.18. The standard InChI is InChI=1S/C12H14BrIN2O2/c13-8-1-2-11(14)10(5-8)12(17)16-6-9-7-18-4-3-15-9/h1-2,5,9,15H,3-4,6-7H2,(H,16,17). The van der Waals surface area contributed by atoms with Gasteiger partial charge >= 0.3 is 0 Å². The molecule has 1 amide bonds. The van der Waals surface area contributed by atoms with E-state index in [1.165, 1.54) is 0 Å². The van der Waals surface area contributed by atoms with Gasteiger partial charge in [0.1, 0.15) is 0 Å². The van der Waals surface area contributed by atoms with Gasteiger partial charge in [-0.3, -0.25) is 4.79 Å². The minimum Gasteiger partial charge on any atom is -0.378 e. The molecule has 4 nitrogen and oxygen atoms in total. The van der Waals surface area contributed by atoms with Crippen LogP contribution in [-0.2, 0) is 4.74 Å². The summed E-state index contributed by atoms with van der Waals surface area (Å²) in [7, 11) is 0. The molecular weight excluding hydrogens is 411 g/mol. The number of carbonyl (C=O) groups is 1. The van der Waals surface area contributed by atoms with Crippen LogP contribution in [0.25, 0.3) is 0 Å². The van der Waals surface area contributed by atoms with Crippen LogP contribution in [0.15, 0.2) is 22.7 Å². The minimum atomic E-state index is -0.0481. The van der Waals surface area contributed by atoms with Gasteiger partial charge in [0, 0.05) is 27.2 Å². The third-order valence-corrected chi connectivity index (χ3v) is 4.11. The summed E-state index contributed by atoms with van der Waals surface area (Å²) in [6.07, 6.45) is 0. The van der Waals surface area contributed by atoms with E-state index in [0.717, 1.165) is 21.2 Å². The molecule has 0 aromatic heterocycles. The number of ether oxygens (including phenoxy) is 1. The molecule has 6 heteroatoms. The Balaban J connectivity index is 1.92. The SMILES string of the molecule is O=C(NCC1COCCN1)c1cc(Br)ccc1I. The number of morpholine rings is 1. The second-order valence-corrected chi connectivity index (χ2v) is 6.14. The molecule has 1 fully saturated rings. The first-order chi connectivity index (χ1) is 8.66. The Kier molecular flexibility index (Phi) is 5.40. The van der Waals surface area contributed by atoms with E-state index >= 15 is 0 Å². The third-order valence-electron chi connectivity index (χ3n) is 2.68. The average Bonchev–Trinajstić information content (AvgIpc) is 2.40. The van der Waals surface area contributed by atoms with Crippen molar-refractivity contribution in [2.75, 3.05) is 26.3 Å². The lowest BCUT2D eigenvalue weighted by atomic mass is 10.2. The molecule has 98 valence electrons. The normalized spacial score (nSPS) is 19.6. The highest BCUT2D eigenvalue weighted by Gasteiger charge is 2.15. The number of halogens is 2. The molecule has 0 radical (unpaired) electrons. The smallest absolute Gasteiger partial charge is 0.252 e. The number of hydrogen-bond acceptors (Lipinski definition) is 3. The number of benzene rings is 1. The topological polar surface area (TPSA) is 50.4 Å². The summed E-state index contributed by atoms with van der Waals surface area (Å²) < 4.78 is 7.20. The van der Waals surface area contributed by atoms with Crippen molar-refractivity contribution in [2.24, 2.45) is 0 Å². The Morgan fingerprint density at radius 3 is 3.17 bits per heavy atom. The summed E-state index contributed by atoms with van der Waals surface area (Å²) >= 11 is 5.54. The summed E-state index contributed by atoms with van der Waals surface area (Å²) in [5.41, 5.74) is 0.696. The molecule has 18 heavy (non-hydrogen) atoms. The van der Waals surface area contributed by atoms with E-state index in [9.17, 15) is 4.79 Å². The zero-order valence-electron chi connectivity index (χ0n) is 9.71. The number of carbonyl (C=O) groups excluding carboxylic acids is 1. The molecule has 1 atom stereocenters. The van der Waals surface area contributed by atoms with Crippen LogP contribution in [-0.4, -0.2) is 38.3 Å². The van der Waals surface area contributed by atoms with E-state index in [0.29, 0.717) is 18.7 Å². The number of amides is 1. The van der Waals surface area contributed by atoms with Gasteiger partial charge < -0.3 is 15.4 Å². The molecule has 1 saturated heterocycles. The van der Waals surface area contributed by atoms with Crippen LogP contribution in [0.5, 0.6) is 0 Å². The van der Waals surface area contributed by atoms with Gasteiger partial charge in [-0.1, -0.05) is 15.9 Å². The monoisotopic (exact) mass is 424 g/mol. The predicted octanol–water partition coefficient (Wildman–Crippen LogP) is 1.77. The molecule has 0 bridgehead atoms. The molecule has 2 N–H and O–H groups in total. The fourth-order valence-electron chi connectivity index (χ4n) is 1.73. The molecule has 1 aliphatic rings. The van der Waals surface area contributed by atoms with Crippen molar-refractivity contribution in [1.82, 2.24) is 10.6 Å². The maximum Gasteiger partial charge on any atom is 0.252 e. The Morgan fingerprint density at radius 2 is 2.44 bits per heavy atom. The molecule has 1 aromatic rings. The minimum absolute atomic E-state index is 0.0481. The second kappa shape index (κ2) is 6.83. The Morgan fingerprint density at radius 1 is 1.61 bits per heavy atom. The molecule has 0 saturated carbocycles. The van der Waals surface area contributed by atoms with Crippen molar-refractivity contribution in [2.45, 2.75) is 6.04 Å². The van der Waals surface area contributed by atoms with Crippen molar-refractivity contribution in [3.63, 3.8) is 0 Å². The van der Waals surface area contributed by atoms with Crippen LogP contribution in [0.1, 0.15) is 10.4 Å². The van der Waals surface area contributed by atoms with Crippen molar-refractivity contribution in [3.05, 3.63) is 31.8 Å². The van der Waals surface area contributed by atoms with Crippen molar-refractivity contribution >= 4 is 44.4 Å². The molecular formula is C12H14BrIN2O2. The van der Waals surface area contributed by atoms with Crippen LogP contribution in [0.3, 0.4) is 0 Å². The van der Waals surface area contributed by atoms with Crippen LogP contribution in [0, 0.1) is 3.57 Å². The molecule has 0 spiro atoms. The van der Waals surface area contributed by atoms with Gasteiger partial charge in [0.25, 0.3) is 5.91 Å². The molecule has 1 aliphatic heterocycles. The third kappa shape index (κ3) is 3.91. The highest BCUT2D eigenvalue weighted by atomic mass is 127. The van der Waals surface area contributed by atoms with Crippen LogP contribution in [0.4, 0.5) is 0 Å². The zero-order valence-corrected chi connectivity index (χ0v) is 13.5. The first kappa shape index (κ1) is 14.2. The largest absolute Gasteiger partial charge is 0.378 e. The van der Waals surface area contributed by atoms with E-state index in [4.69, 9.17) is 4.74 Å². The van der Waals surface area contributed by atoms with Crippen LogP contribution in [0.2, 0.25) is 0 Å². The van der Waals surface area contributed by atoms with Crippen molar-refractivity contribution in [1.29, 1.82) is 0 Å². The number of hydrogen-bond donors (Lipinski definition) is 2. The summed E-state index contributed by atoms with van der Waals surface area (Å²) in [6.45, 7) is 2.82. The Bertz CT molecular complexity index is 436. The Labute approximate surface area is 128 Å². The fraction of sp³-hybridized carbons (Fsp3) is 0.417. The zero-order chi connectivity index (χ0) is 13.0. The van der Waals surface area contributed by atoms with E-state index in [1.54, 1.807) is 0 Å². The molecule has 1 unspecified atom stereocenters. The van der Waals surface area contributed by atoms with Gasteiger partial charge in [0.05, 0.1) is 18.8 Å². The van der Waals surface area contributed by atoms with E-state index in [-0.39, 0.29) is 11.9 Å². The molecule has 0 aliphatic carbocycles. The second-order valence-electron chi connectivity index (χ2n) is 4.06. The summed E-state index contributed by atoms with van der Waals surface area (Å²) in [4.78, 5) is 12.1. The van der Waals surface area contributed by atoms with Crippen LogP contribution >= 0.6 is 38.5 Å². The van der Waals surface area contributed by atoms with E-state index in [1.807, 2.05) is 18.2 Å². The fourth-order valence-corrected chi connectivity index (χ4v) is 2.67. The lowest BCUT2D eigenvalue weighted by Gasteiger charge is -2.24. The maximum atomic E-state index is 12.1. The highest BCUT2D eigenvalue weighted by molar-refractivity contribution is 14.1. The first-order valence-electron chi connectivity index (χ1n) is 5.71. The quantitative estimate of drug-likeness (QED) is 0.727. The first-order valence-corrected chi connectivity index (χ1v) is 7.58. The van der Waals surface area contributed by atoms with Crippen LogP contribution < -0.4 is 10.6 Å².